The molecule has 0 saturated carbocycles. The molecule has 160 valence electrons. The van der Waals surface area contributed by atoms with Gasteiger partial charge >= 0.3 is 0 Å². The van der Waals surface area contributed by atoms with Crippen molar-refractivity contribution in [2.45, 2.75) is 53.2 Å². The SMILES string of the molecule is Cc1cc(-c2csc(CN(C)CC(=O)NC(C)C)n2)c(C)n1[C@@H](C)c1ccccc1. The first-order valence-corrected chi connectivity index (χ1v) is 11.3. The van der Waals surface area contributed by atoms with Crippen LogP contribution in [0.25, 0.3) is 11.3 Å². The number of rotatable bonds is 8. The summed E-state index contributed by atoms with van der Waals surface area (Å²) in [6.07, 6.45) is 0. The van der Waals surface area contributed by atoms with Crippen LogP contribution >= 0.6 is 11.3 Å². The minimum atomic E-state index is 0.0442. The zero-order valence-corrected chi connectivity index (χ0v) is 19.6. The van der Waals surface area contributed by atoms with E-state index in [0.717, 1.165) is 10.7 Å². The first kappa shape index (κ1) is 22.2. The standard InChI is InChI=1S/C24H32N4OS/c1-16(2)25-23(29)13-27(6)14-24-26-22(15-30-24)21-12-17(3)28(19(21)5)18(4)20-10-8-7-9-11-20/h7-12,15-16,18H,13-14H2,1-6H3,(H,25,29)/t18-/m0/s1. The molecule has 0 saturated heterocycles. The fourth-order valence-electron chi connectivity index (χ4n) is 3.92. The highest BCUT2D eigenvalue weighted by Gasteiger charge is 2.18. The van der Waals surface area contributed by atoms with E-state index in [4.69, 9.17) is 4.98 Å². The number of aromatic nitrogens is 2. The van der Waals surface area contributed by atoms with Crippen LogP contribution in [0.1, 0.15) is 48.8 Å². The van der Waals surface area contributed by atoms with Crippen molar-refractivity contribution >= 4 is 17.2 Å². The van der Waals surface area contributed by atoms with Gasteiger partial charge in [0.2, 0.25) is 5.91 Å². The summed E-state index contributed by atoms with van der Waals surface area (Å²) in [4.78, 5) is 18.8. The number of carbonyl (C=O) groups is 1. The van der Waals surface area contributed by atoms with Crippen LogP contribution in [-0.4, -0.2) is 40.0 Å². The molecule has 0 spiro atoms. The lowest BCUT2D eigenvalue weighted by Crippen LogP contribution is -2.38. The average Bonchev–Trinajstić information content (AvgIpc) is 3.24. The van der Waals surface area contributed by atoms with Gasteiger partial charge in [0.15, 0.2) is 0 Å². The fourth-order valence-corrected chi connectivity index (χ4v) is 4.79. The summed E-state index contributed by atoms with van der Waals surface area (Å²) >= 11 is 1.65. The lowest BCUT2D eigenvalue weighted by atomic mass is 10.1. The molecule has 5 nitrogen and oxygen atoms in total. The summed E-state index contributed by atoms with van der Waals surface area (Å²) in [7, 11) is 1.95. The molecule has 0 radical (unpaired) electrons. The highest BCUT2D eigenvalue weighted by molar-refractivity contribution is 7.09. The number of carbonyl (C=O) groups excluding carboxylic acids is 1. The van der Waals surface area contributed by atoms with E-state index in [9.17, 15) is 4.79 Å². The van der Waals surface area contributed by atoms with Crippen LogP contribution < -0.4 is 5.32 Å². The quantitative estimate of drug-likeness (QED) is 0.565. The molecule has 0 aliphatic rings. The zero-order chi connectivity index (χ0) is 21.8. The van der Waals surface area contributed by atoms with Gasteiger partial charge < -0.3 is 9.88 Å². The molecular weight excluding hydrogens is 392 g/mol. The van der Waals surface area contributed by atoms with Crippen LogP contribution in [0.5, 0.6) is 0 Å². The third-order valence-electron chi connectivity index (χ3n) is 5.25. The Morgan fingerprint density at radius 1 is 1.20 bits per heavy atom. The predicted molar refractivity (Wildman–Crippen MR) is 125 cm³/mol. The lowest BCUT2D eigenvalue weighted by molar-refractivity contribution is -0.122. The smallest absolute Gasteiger partial charge is 0.234 e. The largest absolute Gasteiger partial charge is 0.353 e. The second-order valence-corrected chi connectivity index (χ2v) is 9.21. The molecule has 2 heterocycles. The van der Waals surface area contributed by atoms with Gasteiger partial charge in [0.05, 0.1) is 24.8 Å². The number of nitrogens with one attached hydrogen (secondary N) is 1. The number of likely N-dealkylation sites (N-methyl/N-ethyl adjacent to an activating group) is 1. The van der Waals surface area contributed by atoms with E-state index < -0.39 is 0 Å². The van der Waals surface area contributed by atoms with Crippen molar-refractivity contribution in [1.29, 1.82) is 0 Å². The van der Waals surface area contributed by atoms with Crippen molar-refractivity contribution in [2.75, 3.05) is 13.6 Å². The molecule has 0 aliphatic heterocycles. The maximum atomic E-state index is 12.0. The first-order valence-electron chi connectivity index (χ1n) is 10.4. The van der Waals surface area contributed by atoms with Gasteiger partial charge in [0.1, 0.15) is 5.01 Å². The van der Waals surface area contributed by atoms with Crippen molar-refractivity contribution in [3.8, 4) is 11.3 Å². The highest BCUT2D eigenvalue weighted by Crippen LogP contribution is 2.32. The Bertz CT molecular complexity index is 990. The second kappa shape index (κ2) is 9.58. The van der Waals surface area contributed by atoms with E-state index in [1.807, 2.05) is 25.8 Å². The number of hydrogen-bond donors (Lipinski definition) is 1. The molecule has 30 heavy (non-hydrogen) atoms. The molecule has 0 bridgehead atoms. The highest BCUT2D eigenvalue weighted by atomic mass is 32.1. The summed E-state index contributed by atoms with van der Waals surface area (Å²) in [5, 5.41) is 6.07. The molecule has 0 fully saturated rings. The van der Waals surface area contributed by atoms with E-state index in [1.54, 1.807) is 11.3 Å². The van der Waals surface area contributed by atoms with Crippen LogP contribution in [0.3, 0.4) is 0 Å². The maximum Gasteiger partial charge on any atom is 0.234 e. The van der Waals surface area contributed by atoms with Gasteiger partial charge in [-0.05, 0) is 53.3 Å². The van der Waals surface area contributed by atoms with E-state index in [2.05, 4.69) is 72.4 Å². The van der Waals surface area contributed by atoms with Crippen molar-refractivity contribution in [1.82, 2.24) is 19.8 Å². The van der Waals surface area contributed by atoms with E-state index >= 15 is 0 Å². The second-order valence-electron chi connectivity index (χ2n) is 8.26. The lowest BCUT2D eigenvalue weighted by Gasteiger charge is -2.19. The summed E-state index contributed by atoms with van der Waals surface area (Å²) in [6.45, 7) is 11.5. The van der Waals surface area contributed by atoms with Crippen molar-refractivity contribution in [3.05, 3.63) is 63.7 Å². The molecule has 1 N–H and O–H groups in total. The van der Waals surface area contributed by atoms with Gasteiger partial charge in [0.25, 0.3) is 0 Å². The molecule has 1 aromatic carbocycles. The van der Waals surface area contributed by atoms with Gasteiger partial charge in [0, 0.05) is 28.4 Å². The molecule has 1 amide bonds. The number of hydrogen-bond acceptors (Lipinski definition) is 4. The van der Waals surface area contributed by atoms with Crippen LogP contribution in [-0.2, 0) is 11.3 Å². The zero-order valence-electron chi connectivity index (χ0n) is 18.8. The number of amides is 1. The Morgan fingerprint density at radius 3 is 2.57 bits per heavy atom. The summed E-state index contributed by atoms with van der Waals surface area (Å²) < 4.78 is 2.38. The number of thiazole rings is 1. The minimum absolute atomic E-state index is 0.0442. The Kier molecular flexibility index (Phi) is 7.10. The third-order valence-corrected chi connectivity index (χ3v) is 6.08. The van der Waals surface area contributed by atoms with E-state index in [-0.39, 0.29) is 18.0 Å². The maximum absolute atomic E-state index is 12.0. The minimum Gasteiger partial charge on any atom is -0.353 e. The molecule has 2 aromatic heterocycles. The molecule has 0 unspecified atom stereocenters. The van der Waals surface area contributed by atoms with Crippen molar-refractivity contribution < 1.29 is 4.79 Å². The molecule has 1 atom stereocenters. The summed E-state index contributed by atoms with van der Waals surface area (Å²) in [6, 6.07) is 13.2. The van der Waals surface area contributed by atoms with Crippen LogP contribution in [0.2, 0.25) is 0 Å². The van der Waals surface area contributed by atoms with Gasteiger partial charge in [-0.1, -0.05) is 30.3 Å². The number of nitrogens with zero attached hydrogens (tertiary/aromatic N) is 3. The van der Waals surface area contributed by atoms with Gasteiger partial charge in [-0.25, -0.2) is 4.98 Å². The molecule has 3 rings (SSSR count). The number of aryl methyl sites for hydroxylation is 1. The van der Waals surface area contributed by atoms with Crippen molar-refractivity contribution in [3.63, 3.8) is 0 Å². The Labute approximate surface area is 183 Å². The van der Waals surface area contributed by atoms with E-state index in [1.165, 1.54) is 22.5 Å². The first-order chi connectivity index (χ1) is 14.3. The molecular formula is C24H32N4OS. The molecule has 3 aromatic rings. The number of benzene rings is 1. The van der Waals surface area contributed by atoms with Crippen LogP contribution in [0.4, 0.5) is 0 Å². The van der Waals surface area contributed by atoms with Gasteiger partial charge in [-0.2, -0.15) is 0 Å². The normalized spacial score (nSPS) is 12.5. The van der Waals surface area contributed by atoms with Gasteiger partial charge in [-0.3, -0.25) is 9.69 Å². The van der Waals surface area contributed by atoms with Crippen LogP contribution in [0.15, 0.2) is 41.8 Å². The third kappa shape index (κ3) is 5.18. The Morgan fingerprint density at radius 2 is 1.90 bits per heavy atom. The predicted octanol–water partition coefficient (Wildman–Crippen LogP) is 4.79. The molecule has 6 heteroatoms. The average molecular weight is 425 g/mol. The fraction of sp³-hybridized carbons (Fsp3) is 0.417. The Hall–Kier alpha value is -2.44. The summed E-state index contributed by atoms with van der Waals surface area (Å²) in [5.74, 6) is 0.0442. The topological polar surface area (TPSA) is 50.2 Å². The monoisotopic (exact) mass is 424 g/mol. The van der Waals surface area contributed by atoms with Gasteiger partial charge in [-0.15, -0.1) is 11.3 Å². The molecule has 0 aliphatic carbocycles. The Balaban J connectivity index is 1.75. The summed E-state index contributed by atoms with van der Waals surface area (Å²) in [5.41, 5.74) is 5.94. The van der Waals surface area contributed by atoms with Crippen LogP contribution in [0, 0.1) is 13.8 Å². The van der Waals surface area contributed by atoms with E-state index in [0.29, 0.717) is 13.1 Å². The van der Waals surface area contributed by atoms with Crippen molar-refractivity contribution in [2.24, 2.45) is 0 Å².